The monoisotopic (exact) mass is 365 g/mol. The highest BCUT2D eigenvalue weighted by Gasteiger charge is 2.21. The van der Waals surface area contributed by atoms with E-state index in [1.54, 1.807) is 24.3 Å². The molecule has 142 valence electrons. The van der Waals surface area contributed by atoms with Gasteiger partial charge >= 0.3 is 0 Å². The molecule has 0 radical (unpaired) electrons. The van der Waals surface area contributed by atoms with Gasteiger partial charge < -0.3 is 15.1 Å². The largest absolute Gasteiger partial charge is 0.336 e. The summed E-state index contributed by atoms with van der Waals surface area (Å²) in [6, 6.07) is 14.8. The number of nitrogens with one attached hydrogen (secondary N) is 1. The summed E-state index contributed by atoms with van der Waals surface area (Å²) in [6.07, 6.45) is 0. The van der Waals surface area contributed by atoms with Gasteiger partial charge in [0, 0.05) is 43.0 Å². The van der Waals surface area contributed by atoms with Crippen LogP contribution < -0.4 is 5.32 Å². The summed E-state index contributed by atoms with van der Waals surface area (Å²) in [5.74, 6) is 0.100. The lowest BCUT2D eigenvalue weighted by Crippen LogP contribution is -2.47. The second-order valence-electron chi connectivity index (χ2n) is 7.37. The van der Waals surface area contributed by atoms with Gasteiger partial charge in [-0.3, -0.25) is 9.59 Å². The van der Waals surface area contributed by atoms with Crippen LogP contribution in [-0.4, -0.2) is 54.8 Å². The number of carbonyl (C=O) groups excluding carboxylic acids is 2. The predicted octanol–water partition coefficient (Wildman–Crippen LogP) is 3.45. The zero-order chi connectivity index (χ0) is 19.4. The lowest BCUT2D eigenvalue weighted by Gasteiger charge is -2.32. The van der Waals surface area contributed by atoms with E-state index in [2.05, 4.69) is 31.1 Å². The average molecular weight is 365 g/mol. The van der Waals surface area contributed by atoms with E-state index in [0.29, 0.717) is 30.1 Å². The Labute approximate surface area is 161 Å². The molecule has 0 atom stereocenters. The molecule has 1 heterocycles. The summed E-state index contributed by atoms with van der Waals surface area (Å²) >= 11 is 0. The first-order valence-electron chi connectivity index (χ1n) is 9.44. The third-order valence-electron chi connectivity index (χ3n) is 4.99. The minimum atomic E-state index is -0.198. The molecule has 1 fully saturated rings. The Morgan fingerprint density at radius 3 is 2.30 bits per heavy atom. The highest BCUT2D eigenvalue weighted by atomic mass is 16.2. The molecule has 1 saturated heterocycles. The van der Waals surface area contributed by atoms with Crippen molar-refractivity contribution >= 4 is 17.5 Å². The number of piperazine rings is 1. The SMILES string of the molecule is CC(C)c1ccccc1NC(=O)c1cccc(C(=O)N2CCN(C)CC2)c1. The number of hydrogen-bond donors (Lipinski definition) is 1. The van der Waals surface area contributed by atoms with Crippen molar-refractivity contribution in [2.45, 2.75) is 19.8 Å². The number of anilines is 1. The Kier molecular flexibility index (Phi) is 5.91. The minimum Gasteiger partial charge on any atom is -0.336 e. The Balaban J connectivity index is 1.75. The Hall–Kier alpha value is -2.66. The molecule has 0 saturated carbocycles. The molecule has 5 nitrogen and oxygen atoms in total. The second kappa shape index (κ2) is 8.35. The maximum atomic E-state index is 12.8. The van der Waals surface area contributed by atoms with E-state index < -0.39 is 0 Å². The van der Waals surface area contributed by atoms with Crippen LogP contribution in [0.1, 0.15) is 46.0 Å². The number of nitrogens with zero attached hydrogens (tertiary/aromatic N) is 2. The van der Waals surface area contributed by atoms with Gasteiger partial charge in [-0.25, -0.2) is 0 Å². The van der Waals surface area contributed by atoms with Crippen molar-refractivity contribution < 1.29 is 9.59 Å². The molecule has 2 amide bonds. The second-order valence-corrected chi connectivity index (χ2v) is 7.37. The van der Waals surface area contributed by atoms with E-state index in [1.165, 1.54) is 0 Å². The molecular weight excluding hydrogens is 338 g/mol. The van der Waals surface area contributed by atoms with Crippen LogP contribution in [-0.2, 0) is 0 Å². The van der Waals surface area contributed by atoms with Crippen molar-refractivity contribution in [3.63, 3.8) is 0 Å². The molecule has 5 heteroatoms. The van der Waals surface area contributed by atoms with Gasteiger partial charge in [-0.2, -0.15) is 0 Å². The van der Waals surface area contributed by atoms with Crippen LogP contribution in [0.4, 0.5) is 5.69 Å². The van der Waals surface area contributed by atoms with Crippen LogP contribution in [0.5, 0.6) is 0 Å². The third-order valence-corrected chi connectivity index (χ3v) is 4.99. The molecule has 0 aromatic heterocycles. The van der Waals surface area contributed by atoms with Crippen molar-refractivity contribution in [3.05, 3.63) is 65.2 Å². The number of amides is 2. The molecule has 1 aliphatic heterocycles. The Morgan fingerprint density at radius 1 is 0.926 bits per heavy atom. The van der Waals surface area contributed by atoms with Crippen molar-refractivity contribution in [2.75, 3.05) is 38.5 Å². The molecule has 0 spiro atoms. The fourth-order valence-electron chi connectivity index (χ4n) is 3.29. The highest BCUT2D eigenvalue weighted by molar-refractivity contribution is 6.06. The molecule has 2 aromatic carbocycles. The zero-order valence-electron chi connectivity index (χ0n) is 16.2. The van der Waals surface area contributed by atoms with E-state index in [1.807, 2.05) is 29.2 Å². The highest BCUT2D eigenvalue weighted by Crippen LogP contribution is 2.24. The predicted molar refractivity (Wildman–Crippen MR) is 108 cm³/mol. The standard InChI is InChI=1S/C22H27N3O2/c1-16(2)19-9-4-5-10-20(19)23-21(26)17-7-6-8-18(15-17)22(27)25-13-11-24(3)12-14-25/h4-10,15-16H,11-14H2,1-3H3,(H,23,26). The first-order chi connectivity index (χ1) is 13.0. The van der Waals surface area contributed by atoms with Gasteiger partial charge in [0.15, 0.2) is 0 Å². The first kappa shape index (κ1) is 19.1. The first-order valence-corrected chi connectivity index (χ1v) is 9.44. The topological polar surface area (TPSA) is 52.7 Å². The van der Waals surface area contributed by atoms with Gasteiger partial charge in [0.05, 0.1) is 0 Å². The Bertz CT molecular complexity index is 824. The fraction of sp³-hybridized carbons (Fsp3) is 0.364. The summed E-state index contributed by atoms with van der Waals surface area (Å²) in [5.41, 5.74) is 2.96. The lowest BCUT2D eigenvalue weighted by atomic mass is 10.0. The smallest absolute Gasteiger partial charge is 0.255 e. The van der Waals surface area contributed by atoms with Crippen LogP contribution in [0.3, 0.4) is 0 Å². The molecule has 27 heavy (non-hydrogen) atoms. The maximum absolute atomic E-state index is 12.8. The van der Waals surface area contributed by atoms with Crippen molar-refractivity contribution in [2.24, 2.45) is 0 Å². The molecule has 1 aliphatic rings. The maximum Gasteiger partial charge on any atom is 0.255 e. The quantitative estimate of drug-likeness (QED) is 0.903. The van der Waals surface area contributed by atoms with Crippen molar-refractivity contribution in [3.8, 4) is 0 Å². The van der Waals surface area contributed by atoms with E-state index >= 15 is 0 Å². The van der Waals surface area contributed by atoms with Crippen LogP contribution >= 0.6 is 0 Å². The van der Waals surface area contributed by atoms with Gasteiger partial charge in [0.25, 0.3) is 11.8 Å². The van der Waals surface area contributed by atoms with Crippen LogP contribution in [0.25, 0.3) is 0 Å². The van der Waals surface area contributed by atoms with Gasteiger partial charge in [-0.1, -0.05) is 38.1 Å². The van der Waals surface area contributed by atoms with Gasteiger partial charge in [0.2, 0.25) is 0 Å². The number of hydrogen-bond acceptors (Lipinski definition) is 3. The van der Waals surface area contributed by atoms with E-state index in [4.69, 9.17) is 0 Å². The third kappa shape index (κ3) is 4.55. The van der Waals surface area contributed by atoms with Gasteiger partial charge in [0.1, 0.15) is 0 Å². The lowest BCUT2D eigenvalue weighted by molar-refractivity contribution is 0.0664. The van der Waals surface area contributed by atoms with Crippen molar-refractivity contribution in [1.29, 1.82) is 0 Å². The molecule has 0 unspecified atom stereocenters. The van der Waals surface area contributed by atoms with E-state index in [-0.39, 0.29) is 11.8 Å². The zero-order valence-corrected chi connectivity index (χ0v) is 16.2. The van der Waals surface area contributed by atoms with Crippen LogP contribution in [0.15, 0.2) is 48.5 Å². The van der Waals surface area contributed by atoms with Gasteiger partial charge in [-0.15, -0.1) is 0 Å². The number of benzene rings is 2. The van der Waals surface area contributed by atoms with Crippen LogP contribution in [0.2, 0.25) is 0 Å². The van der Waals surface area contributed by atoms with Crippen LogP contribution in [0, 0.1) is 0 Å². The number of para-hydroxylation sites is 1. The summed E-state index contributed by atoms with van der Waals surface area (Å²) in [6.45, 7) is 7.37. The normalized spacial score (nSPS) is 15.0. The van der Waals surface area contributed by atoms with E-state index in [9.17, 15) is 9.59 Å². The molecular formula is C22H27N3O2. The summed E-state index contributed by atoms with van der Waals surface area (Å²) in [5, 5.41) is 2.99. The average Bonchev–Trinajstić information content (AvgIpc) is 2.68. The summed E-state index contributed by atoms with van der Waals surface area (Å²) < 4.78 is 0. The molecule has 0 aliphatic carbocycles. The molecule has 3 rings (SSSR count). The summed E-state index contributed by atoms with van der Waals surface area (Å²) in [7, 11) is 2.06. The fourth-order valence-corrected chi connectivity index (χ4v) is 3.29. The number of likely N-dealkylation sites (N-methyl/N-ethyl adjacent to an activating group) is 1. The molecule has 1 N–H and O–H groups in total. The van der Waals surface area contributed by atoms with Crippen molar-refractivity contribution in [1.82, 2.24) is 9.80 Å². The summed E-state index contributed by atoms with van der Waals surface area (Å²) in [4.78, 5) is 29.6. The Morgan fingerprint density at radius 2 is 1.59 bits per heavy atom. The molecule has 0 bridgehead atoms. The number of rotatable bonds is 4. The minimum absolute atomic E-state index is 0.0136. The van der Waals surface area contributed by atoms with E-state index in [0.717, 1.165) is 24.3 Å². The van der Waals surface area contributed by atoms with Gasteiger partial charge in [-0.05, 0) is 42.8 Å². The number of carbonyl (C=O) groups is 2. The molecule has 2 aromatic rings.